The fourth-order valence-electron chi connectivity index (χ4n) is 2.81. The van der Waals surface area contributed by atoms with Crippen LogP contribution in [0.1, 0.15) is 26.0 Å². The summed E-state index contributed by atoms with van der Waals surface area (Å²) in [5, 5.41) is 8.11. The maximum atomic E-state index is 4.41. The SMILES string of the molecule is CC1CN(C)C(C)CC1NCCc1ccn(C)n1. The van der Waals surface area contributed by atoms with Crippen molar-refractivity contribution >= 4 is 0 Å². The normalized spacial score (nSPS) is 29.7. The Labute approximate surface area is 110 Å². The van der Waals surface area contributed by atoms with Gasteiger partial charge in [-0.1, -0.05) is 6.92 Å². The van der Waals surface area contributed by atoms with E-state index in [1.54, 1.807) is 0 Å². The van der Waals surface area contributed by atoms with Crippen molar-refractivity contribution in [3.63, 3.8) is 0 Å². The number of hydrogen-bond donors (Lipinski definition) is 1. The van der Waals surface area contributed by atoms with Crippen LogP contribution in [0, 0.1) is 5.92 Å². The summed E-state index contributed by atoms with van der Waals surface area (Å²) in [4.78, 5) is 2.46. The molecule has 0 spiro atoms. The lowest BCUT2D eigenvalue weighted by Gasteiger charge is -2.40. The average Bonchev–Trinajstić information content (AvgIpc) is 2.71. The van der Waals surface area contributed by atoms with E-state index in [9.17, 15) is 0 Å². The fourth-order valence-corrected chi connectivity index (χ4v) is 2.81. The molecule has 3 atom stereocenters. The van der Waals surface area contributed by atoms with E-state index in [0.29, 0.717) is 12.1 Å². The smallest absolute Gasteiger partial charge is 0.0637 e. The largest absolute Gasteiger partial charge is 0.313 e. The number of piperidine rings is 1. The summed E-state index contributed by atoms with van der Waals surface area (Å²) in [5.74, 6) is 0.731. The van der Waals surface area contributed by atoms with E-state index in [4.69, 9.17) is 0 Å². The van der Waals surface area contributed by atoms with Crippen molar-refractivity contribution < 1.29 is 0 Å². The quantitative estimate of drug-likeness (QED) is 0.874. The number of nitrogens with zero attached hydrogens (tertiary/aromatic N) is 3. The number of likely N-dealkylation sites (tertiary alicyclic amines) is 1. The molecule has 102 valence electrons. The summed E-state index contributed by atoms with van der Waals surface area (Å²) in [6, 6.07) is 3.44. The molecule has 1 aliphatic rings. The summed E-state index contributed by atoms with van der Waals surface area (Å²) < 4.78 is 1.87. The number of nitrogens with one attached hydrogen (secondary N) is 1. The van der Waals surface area contributed by atoms with Crippen molar-refractivity contribution in [2.24, 2.45) is 13.0 Å². The predicted octanol–water partition coefficient (Wildman–Crippen LogP) is 1.28. The molecular formula is C14H26N4. The van der Waals surface area contributed by atoms with E-state index >= 15 is 0 Å². The van der Waals surface area contributed by atoms with Gasteiger partial charge in [0, 0.05) is 44.8 Å². The standard InChI is InChI=1S/C14H26N4/c1-11-10-17(3)12(2)9-14(11)15-7-5-13-6-8-18(4)16-13/h6,8,11-12,14-15H,5,7,9-10H2,1-4H3. The molecule has 0 saturated carbocycles. The lowest BCUT2D eigenvalue weighted by Crippen LogP contribution is -2.51. The zero-order chi connectivity index (χ0) is 13.1. The molecule has 18 heavy (non-hydrogen) atoms. The maximum absolute atomic E-state index is 4.41. The molecular weight excluding hydrogens is 224 g/mol. The zero-order valence-corrected chi connectivity index (χ0v) is 12.1. The van der Waals surface area contributed by atoms with Crippen LogP contribution in [-0.4, -0.2) is 46.9 Å². The van der Waals surface area contributed by atoms with Gasteiger partial charge in [0.05, 0.1) is 5.69 Å². The minimum Gasteiger partial charge on any atom is -0.313 e. The summed E-state index contributed by atoms with van der Waals surface area (Å²) in [5.41, 5.74) is 1.18. The molecule has 1 aliphatic heterocycles. The molecule has 0 radical (unpaired) electrons. The van der Waals surface area contributed by atoms with E-state index in [0.717, 1.165) is 18.9 Å². The highest BCUT2D eigenvalue weighted by atomic mass is 15.2. The number of rotatable bonds is 4. The number of aromatic nitrogens is 2. The first kappa shape index (κ1) is 13.6. The van der Waals surface area contributed by atoms with Crippen molar-refractivity contribution in [3.8, 4) is 0 Å². The molecule has 0 aromatic carbocycles. The molecule has 2 rings (SSSR count). The Bertz CT molecular complexity index is 374. The fraction of sp³-hybridized carbons (Fsp3) is 0.786. The van der Waals surface area contributed by atoms with Gasteiger partial charge in [-0.15, -0.1) is 0 Å². The van der Waals surface area contributed by atoms with Gasteiger partial charge in [-0.3, -0.25) is 4.68 Å². The third kappa shape index (κ3) is 3.33. The van der Waals surface area contributed by atoms with Crippen LogP contribution in [0.4, 0.5) is 0 Å². The molecule has 1 aromatic rings. The van der Waals surface area contributed by atoms with Gasteiger partial charge in [0.15, 0.2) is 0 Å². The molecule has 2 heterocycles. The van der Waals surface area contributed by atoms with E-state index in [1.165, 1.54) is 18.7 Å². The van der Waals surface area contributed by atoms with E-state index in [1.807, 2.05) is 17.9 Å². The lowest BCUT2D eigenvalue weighted by molar-refractivity contribution is 0.122. The molecule has 1 N–H and O–H groups in total. The minimum absolute atomic E-state index is 0.653. The van der Waals surface area contributed by atoms with Crippen LogP contribution in [0.3, 0.4) is 0 Å². The van der Waals surface area contributed by atoms with Gasteiger partial charge >= 0.3 is 0 Å². The van der Waals surface area contributed by atoms with Crippen LogP contribution < -0.4 is 5.32 Å². The highest BCUT2D eigenvalue weighted by molar-refractivity contribution is 4.99. The van der Waals surface area contributed by atoms with E-state index < -0.39 is 0 Å². The van der Waals surface area contributed by atoms with Gasteiger partial charge in [-0.2, -0.15) is 5.10 Å². The Kier molecular flexibility index (Phi) is 4.40. The molecule has 1 fully saturated rings. The first-order valence-corrected chi connectivity index (χ1v) is 6.98. The van der Waals surface area contributed by atoms with Crippen LogP contribution in [0.5, 0.6) is 0 Å². The second-order valence-corrected chi connectivity index (χ2v) is 5.79. The topological polar surface area (TPSA) is 33.1 Å². The third-order valence-corrected chi connectivity index (χ3v) is 4.17. The van der Waals surface area contributed by atoms with Gasteiger partial charge in [0.1, 0.15) is 0 Å². The summed E-state index contributed by atoms with van der Waals surface area (Å²) in [6.07, 6.45) is 4.28. The summed E-state index contributed by atoms with van der Waals surface area (Å²) >= 11 is 0. The predicted molar refractivity (Wildman–Crippen MR) is 74.6 cm³/mol. The maximum Gasteiger partial charge on any atom is 0.0637 e. The van der Waals surface area contributed by atoms with Gasteiger partial charge in [0.25, 0.3) is 0 Å². The second kappa shape index (κ2) is 5.85. The van der Waals surface area contributed by atoms with Crippen molar-refractivity contribution in [1.82, 2.24) is 20.0 Å². The van der Waals surface area contributed by atoms with Crippen LogP contribution in [-0.2, 0) is 13.5 Å². The number of hydrogen-bond acceptors (Lipinski definition) is 3. The first-order chi connectivity index (χ1) is 8.56. The van der Waals surface area contributed by atoms with Gasteiger partial charge in [0.2, 0.25) is 0 Å². The monoisotopic (exact) mass is 250 g/mol. The average molecular weight is 250 g/mol. The highest BCUT2D eigenvalue weighted by Crippen LogP contribution is 2.20. The van der Waals surface area contributed by atoms with Crippen molar-refractivity contribution in [1.29, 1.82) is 0 Å². The van der Waals surface area contributed by atoms with E-state index in [-0.39, 0.29) is 0 Å². The van der Waals surface area contributed by atoms with Crippen LogP contribution in [0.2, 0.25) is 0 Å². The van der Waals surface area contributed by atoms with Crippen molar-refractivity contribution in [2.45, 2.75) is 38.8 Å². The molecule has 0 amide bonds. The van der Waals surface area contributed by atoms with Crippen LogP contribution in [0.15, 0.2) is 12.3 Å². The van der Waals surface area contributed by atoms with Crippen LogP contribution in [0.25, 0.3) is 0 Å². The number of aryl methyl sites for hydroxylation is 1. The van der Waals surface area contributed by atoms with Gasteiger partial charge in [-0.25, -0.2) is 0 Å². The molecule has 1 aromatic heterocycles. The molecule has 1 saturated heterocycles. The minimum atomic E-state index is 0.653. The van der Waals surface area contributed by atoms with Gasteiger partial charge in [-0.05, 0) is 32.4 Å². The molecule has 4 nitrogen and oxygen atoms in total. The van der Waals surface area contributed by atoms with E-state index in [2.05, 4.69) is 42.3 Å². The third-order valence-electron chi connectivity index (χ3n) is 4.17. The van der Waals surface area contributed by atoms with Crippen LogP contribution >= 0.6 is 0 Å². The van der Waals surface area contributed by atoms with Gasteiger partial charge < -0.3 is 10.2 Å². The molecule has 4 heteroatoms. The molecule has 0 aliphatic carbocycles. The summed E-state index contributed by atoms with van der Waals surface area (Å²) in [7, 11) is 4.20. The first-order valence-electron chi connectivity index (χ1n) is 6.98. The Morgan fingerprint density at radius 1 is 1.39 bits per heavy atom. The Morgan fingerprint density at radius 2 is 2.17 bits per heavy atom. The Balaban J connectivity index is 1.76. The molecule has 0 bridgehead atoms. The molecule has 3 unspecified atom stereocenters. The highest BCUT2D eigenvalue weighted by Gasteiger charge is 2.28. The second-order valence-electron chi connectivity index (χ2n) is 5.79. The Hall–Kier alpha value is -0.870. The van der Waals surface area contributed by atoms with Crippen molar-refractivity contribution in [3.05, 3.63) is 18.0 Å². The lowest BCUT2D eigenvalue weighted by atomic mass is 9.90. The van der Waals surface area contributed by atoms with Crippen molar-refractivity contribution in [2.75, 3.05) is 20.1 Å². The Morgan fingerprint density at radius 3 is 2.83 bits per heavy atom. The summed E-state index contributed by atoms with van der Waals surface area (Å²) in [6.45, 7) is 6.89. The zero-order valence-electron chi connectivity index (χ0n) is 12.1.